The van der Waals surface area contributed by atoms with E-state index < -0.39 is 0 Å². The Labute approximate surface area is 137 Å². The van der Waals surface area contributed by atoms with E-state index in [9.17, 15) is 4.79 Å². The predicted octanol–water partition coefficient (Wildman–Crippen LogP) is 2.13. The highest BCUT2D eigenvalue weighted by atomic mass is 35.5. The third kappa shape index (κ3) is 2.19. The number of nitrogens with zero attached hydrogens (tertiary/aromatic N) is 4. The standard InChI is InChI=1S/C15H15ClN6O/c1-15(2)9-4-3-8(7-10(9)19-13(15)23)18-14-20-12-11(16)17-5-6-22(12)21-14/h3,5-7,9H,4H2,1-2H3,(H,18,21)(H,19,23). The summed E-state index contributed by atoms with van der Waals surface area (Å²) in [4.78, 5) is 20.3. The van der Waals surface area contributed by atoms with Gasteiger partial charge in [0.1, 0.15) is 0 Å². The molecule has 4 rings (SSSR count). The van der Waals surface area contributed by atoms with E-state index in [1.807, 2.05) is 19.9 Å². The first-order valence-corrected chi connectivity index (χ1v) is 7.70. The van der Waals surface area contributed by atoms with Crippen LogP contribution < -0.4 is 10.6 Å². The van der Waals surface area contributed by atoms with E-state index >= 15 is 0 Å². The van der Waals surface area contributed by atoms with Crippen LogP contribution in [-0.2, 0) is 4.79 Å². The Hall–Kier alpha value is -2.41. The maximum atomic E-state index is 12.0. The molecule has 118 valence electrons. The fourth-order valence-corrected chi connectivity index (χ4v) is 3.20. The monoisotopic (exact) mass is 330 g/mol. The van der Waals surface area contributed by atoms with Gasteiger partial charge in [-0.05, 0) is 12.5 Å². The smallest absolute Gasteiger partial charge is 0.247 e. The van der Waals surface area contributed by atoms with E-state index in [1.54, 1.807) is 16.9 Å². The first-order valence-electron chi connectivity index (χ1n) is 7.32. The molecular weight excluding hydrogens is 316 g/mol. The normalized spacial score (nSPS) is 22.4. The van der Waals surface area contributed by atoms with Crippen molar-refractivity contribution in [2.24, 2.45) is 11.3 Å². The Morgan fingerprint density at radius 1 is 1.48 bits per heavy atom. The van der Waals surface area contributed by atoms with Crippen LogP contribution in [0.15, 0.2) is 35.9 Å². The highest BCUT2D eigenvalue weighted by Crippen LogP contribution is 2.42. The summed E-state index contributed by atoms with van der Waals surface area (Å²) in [5.74, 6) is 0.686. The molecule has 1 aliphatic carbocycles. The lowest BCUT2D eigenvalue weighted by Crippen LogP contribution is -2.28. The van der Waals surface area contributed by atoms with Gasteiger partial charge in [-0.1, -0.05) is 31.5 Å². The van der Waals surface area contributed by atoms with Gasteiger partial charge < -0.3 is 10.6 Å². The number of hydrogen-bond acceptors (Lipinski definition) is 5. The van der Waals surface area contributed by atoms with Crippen molar-refractivity contribution in [1.82, 2.24) is 24.9 Å². The molecule has 1 aliphatic heterocycles. The second-order valence-electron chi connectivity index (χ2n) is 6.27. The molecule has 8 heteroatoms. The molecule has 1 atom stereocenters. The molecule has 0 radical (unpaired) electrons. The van der Waals surface area contributed by atoms with Gasteiger partial charge >= 0.3 is 0 Å². The van der Waals surface area contributed by atoms with E-state index in [4.69, 9.17) is 11.6 Å². The minimum Gasteiger partial charge on any atom is -0.329 e. The quantitative estimate of drug-likeness (QED) is 0.881. The van der Waals surface area contributed by atoms with Crippen molar-refractivity contribution in [2.45, 2.75) is 20.3 Å². The average molecular weight is 331 g/mol. The van der Waals surface area contributed by atoms with Crippen LogP contribution in [-0.4, -0.2) is 25.5 Å². The molecule has 23 heavy (non-hydrogen) atoms. The minimum absolute atomic E-state index is 0.0621. The van der Waals surface area contributed by atoms with Crippen molar-refractivity contribution < 1.29 is 4.79 Å². The van der Waals surface area contributed by atoms with Gasteiger partial charge in [-0.2, -0.15) is 4.98 Å². The second-order valence-corrected chi connectivity index (χ2v) is 6.63. The molecule has 0 bridgehead atoms. The molecule has 2 aromatic heterocycles. The van der Waals surface area contributed by atoms with Crippen LogP contribution in [0.2, 0.25) is 5.15 Å². The molecule has 1 fully saturated rings. The molecule has 0 saturated carbocycles. The number of nitrogens with one attached hydrogen (secondary N) is 2. The zero-order valence-electron chi connectivity index (χ0n) is 12.7. The fraction of sp³-hybridized carbons (Fsp3) is 0.333. The second kappa shape index (κ2) is 4.79. The zero-order chi connectivity index (χ0) is 16.2. The molecule has 1 saturated heterocycles. The van der Waals surface area contributed by atoms with Crippen LogP contribution in [0.1, 0.15) is 20.3 Å². The Balaban J connectivity index is 1.60. The molecule has 2 aromatic rings. The van der Waals surface area contributed by atoms with Crippen LogP contribution in [0.4, 0.5) is 5.95 Å². The van der Waals surface area contributed by atoms with Gasteiger partial charge in [0.15, 0.2) is 10.8 Å². The Morgan fingerprint density at radius 2 is 2.30 bits per heavy atom. The summed E-state index contributed by atoms with van der Waals surface area (Å²) in [5, 5.41) is 10.7. The Bertz CT molecular complexity index is 881. The van der Waals surface area contributed by atoms with Crippen molar-refractivity contribution in [3.63, 3.8) is 0 Å². The maximum absolute atomic E-state index is 12.0. The van der Waals surface area contributed by atoms with E-state index in [2.05, 4.69) is 31.8 Å². The summed E-state index contributed by atoms with van der Waals surface area (Å²) in [5.41, 5.74) is 1.91. The van der Waals surface area contributed by atoms with Gasteiger partial charge in [0.2, 0.25) is 11.9 Å². The highest BCUT2D eigenvalue weighted by molar-refractivity contribution is 6.32. The number of anilines is 1. The highest BCUT2D eigenvalue weighted by Gasteiger charge is 2.45. The summed E-state index contributed by atoms with van der Waals surface area (Å²) in [6.07, 6.45) is 8.03. The lowest BCUT2D eigenvalue weighted by Gasteiger charge is -2.25. The summed E-state index contributed by atoms with van der Waals surface area (Å²) in [7, 11) is 0. The first kappa shape index (κ1) is 14.2. The number of halogens is 1. The first-order chi connectivity index (χ1) is 10.9. The number of carbonyl (C=O) groups excluding carboxylic acids is 1. The van der Waals surface area contributed by atoms with E-state index in [1.165, 1.54) is 0 Å². The van der Waals surface area contributed by atoms with Crippen molar-refractivity contribution in [1.29, 1.82) is 0 Å². The minimum atomic E-state index is -0.381. The summed E-state index contributed by atoms with van der Waals surface area (Å²) < 4.78 is 1.57. The third-order valence-corrected chi connectivity index (χ3v) is 4.71. The third-order valence-electron chi connectivity index (χ3n) is 4.44. The lowest BCUT2D eigenvalue weighted by atomic mass is 9.76. The summed E-state index contributed by atoms with van der Waals surface area (Å²) in [6.45, 7) is 3.94. The lowest BCUT2D eigenvalue weighted by molar-refractivity contribution is -0.127. The van der Waals surface area contributed by atoms with Crippen LogP contribution in [0.5, 0.6) is 0 Å². The number of aromatic nitrogens is 4. The van der Waals surface area contributed by atoms with Crippen molar-refractivity contribution in [2.75, 3.05) is 5.32 Å². The largest absolute Gasteiger partial charge is 0.329 e. The van der Waals surface area contributed by atoms with Crippen LogP contribution in [0, 0.1) is 11.3 Å². The summed E-state index contributed by atoms with van der Waals surface area (Å²) in [6, 6.07) is 0. The molecule has 2 N–H and O–H groups in total. The van der Waals surface area contributed by atoms with Crippen LogP contribution in [0.25, 0.3) is 5.65 Å². The molecule has 7 nitrogen and oxygen atoms in total. The predicted molar refractivity (Wildman–Crippen MR) is 85.6 cm³/mol. The topological polar surface area (TPSA) is 84.2 Å². The number of amides is 1. The van der Waals surface area contributed by atoms with Gasteiger partial charge in [-0.25, -0.2) is 9.50 Å². The SMILES string of the molecule is CC1(C)C(=O)NC2=CC(Nc3nc4c(Cl)nccn4n3)=CCC21. The molecule has 3 heterocycles. The van der Waals surface area contributed by atoms with Crippen molar-refractivity contribution in [3.8, 4) is 0 Å². The van der Waals surface area contributed by atoms with Gasteiger partial charge in [-0.3, -0.25) is 4.79 Å². The number of allylic oxidation sites excluding steroid dienone is 3. The molecule has 1 amide bonds. The number of rotatable bonds is 2. The molecule has 0 aromatic carbocycles. The summed E-state index contributed by atoms with van der Waals surface area (Å²) >= 11 is 6.00. The van der Waals surface area contributed by atoms with Crippen molar-refractivity contribution in [3.05, 3.63) is 41.1 Å². The zero-order valence-corrected chi connectivity index (χ0v) is 13.4. The molecule has 2 aliphatic rings. The maximum Gasteiger partial charge on any atom is 0.247 e. The van der Waals surface area contributed by atoms with Crippen LogP contribution in [0.3, 0.4) is 0 Å². The van der Waals surface area contributed by atoms with Gasteiger partial charge in [0, 0.05) is 29.7 Å². The van der Waals surface area contributed by atoms with Gasteiger partial charge in [0.05, 0.1) is 5.41 Å². The molecular formula is C15H15ClN6O. The van der Waals surface area contributed by atoms with E-state index in [-0.39, 0.29) is 17.2 Å². The number of fused-ring (bicyclic) bond motifs is 2. The number of hydrogen-bond donors (Lipinski definition) is 2. The molecule has 0 spiro atoms. The van der Waals surface area contributed by atoms with E-state index in [0.717, 1.165) is 17.8 Å². The fourth-order valence-electron chi connectivity index (χ4n) is 3.01. The Morgan fingerprint density at radius 3 is 3.09 bits per heavy atom. The Kier molecular flexibility index (Phi) is 2.96. The van der Waals surface area contributed by atoms with E-state index in [0.29, 0.717) is 16.7 Å². The van der Waals surface area contributed by atoms with Crippen molar-refractivity contribution >= 4 is 29.1 Å². The number of carbonyl (C=O) groups is 1. The molecule has 1 unspecified atom stereocenters. The van der Waals surface area contributed by atoms with Gasteiger partial charge in [0.25, 0.3) is 0 Å². The van der Waals surface area contributed by atoms with Gasteiger partial charge in [-0.15, -0.1) is 5.10 Å². The van der Waals surface area contributed by atoms with Crippen LogP contribution >= 0.6 is 11.6 Å². The average Bonchev–Trinajstić information content (AvgIpc) is 2.99.